The SMILES string of the molecule is [N-]=[N+]=Nc1cccc(C(=O)Cc2ccc3ccccc3[n+]2CC(=O)c2ccccc2)c1. The van der Waals surface area contributed by atoms with Gasteiger partial charge in [-0.15, -0.1) is 0 Å². The second kappa shape index (κ2) is 9.03. The fourth-order valence-corrected chi connectivity index (χ4v) is 3.56. The summed E-state index contributed by atoms with van der Waals surface area (Å²) in [4.78, 5) is 28.7. The lowest BCUT2D eigenvalue weighted by Crippen LogP contribution is -2.43. The molecule has 4 aromatic rings. The molecule has 1 heterocycles. The van der Waals surface area contributed by atoms with Gasteiger partial charge >= 0.3 is 0 Å². The second-order valence-corrected chi connectivity index (χ2v) is 7.10. The number of rotatable bonds is 7. The van der Waals surface area contributed by atoms with Crippen molar-refractivity contribution in [3.05, 3.63) is 118 Å². The summed E-state index contributed by atoms with van der Waals surface area (Å²) in [6, 6.07) is 27.3. The molecule has 0 aliphatic heterocycles. The standard InChI is InChI=1S/C25H19N4O2/c26-28-27-21-11-6-10-20(15-21)24(30)16-22-14-13-18-7-4-5-12-23(18)29(22)17-25(31)19-8-2-1-3-9-19/h1-15H,16-17H2/q+1. The molecule has 0 N–H and O–H groups in total. The van der Waals surface area contributed by atoms with E-state index in [0.717, 1.165) is 16.6 Å². The summed E-state index contributed by atoms with van der Waals surface area (Å²) in [7, 11) is 0. The number of azide groups is 1. The first-order chi connectivity index (χ1) is 15.2. The van der Waals surface area contributed by atoms with E-state index in [1.165, 1.54) is 0 Å². The maximum absolute atomic E-state index is 13.0. The number of fused-ring (bicyclic) bond motifs is 1. The zero-order chi connectivity index (χ0) is 21.6. The highest BCUT2D eigenvalue weighted by molar-refractivity contribution is 5.98. The van der Waals surface area contributed by atoms with Crippen molar-refractivity contribution in [3.8, 4) is 0 Å². The number of carbonyl (C=O) groups is 2. The molecule has 0 saturated carbocycles. The number of Topliss-reactive ketones (excluding diaryl/α,β-unsaturated/α-hetero) is 2. The van der Waals surface area contributed by atoms with Crippen molar-refractivity contribution in [2.75, 3.05) is 0 Å². The molecule has 4 rings (SSSR count). The monoisotopic (exact) mass is 407 g/mol. The van der Waals surface area contributed by atoms with E-state index in [1.807, 2.05) is 59.2 Å². The first-order valence-electron chi connectivity index (χ1n) is 9.83. The van der Waals surface area contributed by atoms with Gasteiger partial charge in [0.1, 0.15) is 0 Å². The minimum Gasteiger partial charge on any atom is -0.294 e. The summed E-state index contributed by atoms with van der Waals surface area (Å²) in [6.45, 7) is 0.132. The highest BCUT2D eigenvalue weighted by Gasteiger charge is 2.22. The number of ketones is 2. The van der Waals surface area contributed by atoms with Crippen LogP contribution in [0.15, 0.2) is 96.1 Å². The van der Waals surface area contributed by atoms with E-state index >= 15 is 0 Å². The van der Waals surface area contributed by atoms with Gasteiger partial charge in [0.15, 0.2) is 11.5 Å². The van der Waals surface area contributed by atoms with Crippen LogP contribution in [0.25, 0.3) is 21.3 Å². The first kappa shape index (κ1) is 20.0. The maximum atomic E-state index is 13.0. The number of carbonyl (C=O) groups excluding carboxylic acids is 2. The number of nitrogens with zero attached hydrogens (tertiary/aromatic N) is 4. The van der Waals surface area contributed by atoms with Crippen molar-refractivity contribution in [2.45, 2.75) is 13.0 Å². The zero-order valence-electron chi connectivity index (χ0n) is 16.7. The number of benzene rings is 3. The third-order valence-corrected chi connectivity index (χ3v) is 5.10. The molecule has 0 bridgehead atoms. The Kier molecular flexibility index (Phi) is 5.83. The number of aromatic nitrogens is 1. The van der Waals surface area contributed by atoms with Crippen molar-refractivity contribution in [1.29, 1.82) is 0 Å². The summed E-state index contributed by atoms with van der Waals surface area (Å²) >= 11 is 0. The summed E-state index contributed by atoms with van der Waals surface area (Å²) < 4.78 is 1.90. The van der Waals surface area contributed by atoms with Crippen LogP contribution in [0.2, 0.25) is 0 Å². The molecular weight excluding hydrogens is 388 g/mol. The van der Waals surface area contributed by atoms with Crippen LogP contribution in [0.1, 0.15) is 26.4 Å². The number of hydrogen-bond donors (Lipinski definition) is 0. The van der Waals surface area contributed by atoms with E-state index in [-0.39, 0.29) is 24.5 Å². The van der Waals surface area contributed by atoms with Gasteiger partial charge in [0.25, 0.3) is 0 Å². The normalized spacial score (nSPS) is 10.5. The smallest absolute Gasteiger partial charge is 0.227 e. The van der Waals surface area contributed by atoms with Crippen LogP contribution >= 0.6 is 0 Å². The Morgan fingerprint density at radius 1 is 0.806 bits per heavy atom. The number of para-hydroxylation sites is 1. The van der Waals surface area contributed by atoms with Crippen LogP contribution in [0.4, 0.5) is 5.69 Å². The Hall–Kier alpha value is -4.28. The highest BCUT2D eigenvalue weighted by atomic mass is 16.1. The zero-order valence-corrected chi connectivity index (χ0v) is 16.7. The van der Waals surface area contributed by atoms with Gasteiger partial charge < -0.3 is 0 Å². The molecule has 31 heavy (non-hydrogen) atoms. The second-order valence-electron chi connectivity index (χ2n) is 7.10. The summed E-state index contributed by atoms with van der Waals surface area (Å²) in [6.07, 6.45) is 0.118. The van der Waals surface area contributed by atoms with Crippen LogP contribution < -0.4 is 4.57 Å². The molecule has 0 fully saturated rings. The average Bonchev–Trinajstić information content (AvgIpc) is 2.81. The Bertz CT molecular complexity index is 1330. The van der Waals surface area contributed by atoms with Gasteiger partial charge in [-0.05, 0) is 23.7 Å². The van der Waals surface area contributed by atoms with Gasteiger partial charge in [-0.1, -0.05) is 65.8 Å². The molecule has 6 nitrogen and oxygen atoms in total. The molecule has 0 aliphatic carbocycles. The third kappa shape index (κ3) is 4.50. The Balaban J connectivity index is 1.71. The molecule has 150 valence electrons. The fraction of sp³-hybridized carbons (Fsp3) is 0.0800. The summed E-state index contributed by atoms with van der Waals surface area (Å²) in [5.41, 5.74) is 11.7. The van der Waals surface area contributed by atoms with Crippen LogP contribution in [0, 0.1) is 0 Å². The van der Waals surface area contributed by atoms with Crippen LogP contribution in [0.3, 0.4) is 0 Å². The van der Waals surface area contributed by atoms with E-state index in [1.54, 1.807) is 36.4 Å². The molecule has 0 spiro atoms. The molecule has 0 atom stereocenters. The number of hydrogen-bond acceptors (Lipinski definition) is 3. The lowest BCUT2D eigenvalue weighted by atomic mass is 10.0. The van der Waals surface area contributed by atoms with Gasteiger partial charge in [0.05, 0.1) is 6.42 Å². The minimum absolute atomic E-state index is 0.0268. The van der Waals surface area contributed by atoms with Gasteiger partial charge in [0, 0.05) is 39.2 Å². The van der Waals surface area contributed by atoms with Gasteiger partial charge in [0.2, 0.25) is 17.8 Å². The Morgan fingerprint density at radius 2 is 1.55 bits per heavy atom. The first-order valence-corrected chi connectivity index (χ1v) is 9.83. The van der Waals surface area contributed by atoms with Crippen LogP contribution in [-0.2, 0) is 13.0 Å². The van der Waals surface area contributed by atoms with E-state index in [2.05, 4.69) is 10.0 Å². The molecule has 0 amide bonds. The predicted molar refractivity (Wildman–Crippen MR) is 118 cm³/mol. The van der Waals surface area contributed by atoms with Crippen molar-refractivity contribution in [3.63, 3.8) is 0 Å². The van der Waals surface area contributed by atoms with Crippen molar-refractivity contribution in [1.82, 2.24) is 0 Å². The lowest BCUT2D eigenvalue weighted by Gasteiger charge is -2.08. The van der Waals surface area contributed by atoms with E-state index in [0.29, 0.717) is 16.8 Å². The summed E-state index contributed by atoms with van der Waals surface area (Å²) in [5.74, 6) is -0.146. The Labute approximate surface area is 179 Å². The van der Waals surface area contributed by atoms with E-state index in [4.69, 9.17) is 5.53 Å². The van der Waals surface area contributed by atoms with Gasteiger partial charge in [-0.3, -0.25) is 9.59 Å². The van der Waals surface area contributed by atoms with Crippen molar-refractivity contribution in [2.24, 2.45) is 5.11 Å². The van der Waals surface area contributed by atoms with Crippen LogP contribution in [-0.4, -0.2) is 11.6 Å². The van der Waals surface area contributed by atoms with Crippen molar-refractivity contribution >= 4 is 28.2 Å². The lowest BCUT2D eigenvalue weighted by molar-refractivity contribution is -0.664. The molecule has 0 saturated heterocycles. The Morgan fingerprint density at radius 3 is 2.35 bits per heavy atom. The van der Waals surface area contributed by atoms with E-state index < -0.39 is 0 Å². The van der Waals surface area contributed by atoms with Crippen LogP contribution in [0.5, 0.6) is 0 Å². The van der Waals surface area contributed by atoms with Crippen molar-refractivity contribution < 1.29 is 14.2 Å². The van der Waals surface area contributed by atoms with Gasteiger partial charge in [-0.25, -0.2) is 0 Å². The highest BCUT2D eigenvalue weighted by Crippen LogP contribution is 2.17. The molecular formula is C25H19N4O2+. The topological polar surface area (TPSA) is 86.8 Å². The minimum atomic E-state index is -0.119. The molecule has 3 aromatic carbocycles. The summed E-state index contributed by atoms with van der Waals surface area (Å²) in [5, 5.41) is 4.56. The molecule has 0 unspecified atom stereocenters. The fourth-order valence-electron chi connectivity index (χ4n) is 3.56. The molecule has 1 aromatic heterocycles. The van der Waals surface area contributed by atoms with E-state index in [9.17, 15) is 9.59 Å². The number of pyridine rings is 1. The quantitative estimate of drug-likeness (QED) is 0.135. The molecule has 0 radical (unpaired) electrons. The van der Waals surface area contributed by atoms with Gasteiger partial charge in [-0.2, -0.15) is 4.57 Å². The molecule has 6 heteroatoms. The predicted octanol–water partition coefficient (Wildman–Crippen LogP) is 5.38. The largest absolute Gasteiger partial charge is 0.294 e. The maximum Gasteiger partial charge on any atom is 0.227 e. The molecule has 0 aliphatic rings. The third-order valence-electron chi connectivity index (χ3n) is 5.10. The average molecular weight is 407 g/mol.